The third kappa shape index (κ3) is 3.66. The molecule has 1 aromatic carbocycles. The van der Waals surface area contributed by atoms with E-state index in [4.69, 9.17) is 4.74 Å². The van der Waals surface area contributed by atoms with E-state index >= 15 is 0 Å². The molecule has 0 saturated heterocycles. The van der Waals surface area contributed by atoms with Gasteiger partial charge in [0.15, 0.2) is 0 Å². The number of nitrogens with one attached hydrogen (secondary N) is 2. The van der Waals surface area contributed by atoms with Gasteiger partial charge in [-0.25, -0.2) is 4.39 Å². The highest BCUT2D eigenvalue weighted by Gasteiger charge is 2.17. The second kappa shape index (κ2) is 6.99. The van der Waals surface area contributed by atoms with Crippen LogP contribution in [0.3, 0.4) is 0 Å². The number of aryl methyl sites for hydroxylation is 1. The third-order valence-corrected chi connectivity index (χ3v) is 2.98. The molecule has 0 aliphatic heterocycles. The highest BCUT2D eigenvalue weighted by molar-refractivity contribution is 5.96. The first-order valence-electron chi connectivity index (χ1n) is 6.77. The Hall–Kier alpha value is -2.21. The maximum atomic E-state index is 13.4. The van der Waals surface area contributed by atoms with Crippen molar-refractivity contribution in [3.05, 3.63) is 35.8 Å². The molecule has 0 spiro atoms. The van der Waals surface area contributed by atoms with Crippen LogP contribution in [0.15, 0.2) is 24.3 Å². The minimum Gasteiger partial charge on any atom is -0.375 e. The number of rotatable bonds is 6. The Labute approximate surface area is 122 Å². The van der Waals surface area contributed by atoms with Gasteiger partial charge in [-0.3, -0.25) is 9.89 Å². The van der Waals surface area contributed by atoms with Crippen molar-refractivity contribution in [2.24, 2.45) is 0 Å². The predicted octanol–water partition coefficient (Wildman–Crippen LogP) is 2.75. The van der Waals surface area contributed by atoms with Gasteiger partial charge < -0.3 is 10.1 Å². The van der Waals surface area contributed by atoms with Gasteiger partial charge in [0.1, 0.15) is 18.1 Å². The fourth-order valence-electron chi connectivity index (χ4n) is 2.09. The van der Waals surface area contributed by atoms with Crippen molar-refractivity contribution in [2.45, 2.75) is 19.8 Å². The van der Waals surface area contributed by atoms with E-state index in [2.05, 4.69) is 15.5 Å². The van der Waals surface area contributed by atoms with Crippen LogP contribution in [0.1, 0.15) is 19.0 Å². The van der Waals surface area contributed by atoms with Crippen LogP contribution in [-0.4, -0.2) is 29.8 Å². The average molecular weight is 291 g/mol. The molecule has 1 aromatic heterocycles. The average Bonchev–Trinajstić information content (AvgIpc) is 2.82. The molecule has 0 unspecified atom stereocenters. The topological polar surface area (TPSA) is 67.0 Å². The van der Waals surface area contributed by atoms with Gasteiger partial charge in [0.05, 0.1) is 11.4 Å². The molecule has 5 nitrogen and oxygen atoms in total. The molecule has 112 valence electrons. The summed E-state index contributed by atoms with van der Waals surface area (Å²) in [4.78, 5) is 11.8. The van der Waals surface area contributed by atoms with E-state index in [0.717, 1.165) is 18.5 Å². The van der Waals surface area contributed by atoms with E-state index in [1.807, 2.05) is 6.92 Å². The van der Waals surface area contributed by atoms with Crippen molar-refractivity contribution in [1.29, 1.82) is 0 Å². The van der Waals surface area contributed by atoms with Crippen LogP contribution in [0.25, 0.3) is 11.3 Å². The lowest BCUT2D eigenvalue weighted by molar-refractivity contribution is -0.119. The third-order valence-electron chi connectivity index (χ3n) is 2.98. The summed E-state index contributed by atoms with van der Waals surface area (Å²) in [5.74, 6) is -0.615. The molecule has 0 atom stereocenters. The first-order chi connectivity index (χ1) is 10.2. The first kappa shape index (κ1) is 15.2. The lowest BCUT2D eigenvalue weighted by atomic mass is 10.1. The molecular weight excluding hydrogens is 273 g/mol. The van der Waals surface area contributed by atoms with Gasteiger partial charge in [-0.05, 0) is 18.6 Å². The minimum atomic E-state index is -0.346. The number of carbonyl (C=O) groups is 1. The zero-order valence-corrected chi connectivity index (χ0v) is 12.1. The minimum absolute atomic E-state index is 0.0423. The van der Waals surface area contributed by atoms with Crippen molar-refractivity contribution in [3.8, 4) is 11.3 Å². The molecule has 1 amide bonds. The fourth-order valence-corrected chi connectivity index (χ4v) is 2.09. The molecule has 2 rings (SSSR count). The van der Waals surface area contributed by atoms with Crippen LogP contribution in [0.2, 0.25) is 0 Å². The molecule has 21 heavy (non-hydrogen) atoms. The standard InChI is InChI=1S/C15H18FN3O2/c1-3-5-12-15(17-13(20)9-21-2)14(19-18-12)10-6-4-7-11(16)8-10/h4,6-8H,3,5,9H2,1-2H3,(H,17,20)(H,18,19). The summed E-state index contributed by atoms with van der Waals surface area (Å²) in [7, 11) is 1.45. The van der Waals surface area contributed by atoms with E-state index in [1.165, 1.54) is 19.2 Å². The second-order valence-corrected chi connectivity index (χ2v) is 4.67. The monoisotopic (exact) mass is 291 g/mol. The van der Waals surface area contributed by atoms with Crippen LogP contribution in [0, 0.1) is 5.82 Å². The summed E-state index contributed by atoms with van der Waals surface area (Å²) in [6, 6.07) is 6.12. The van der Waals surface area contributed by atoms with Crippen molar-refractivity contribution in [2.75, 3.05) is 19.0 Å². The molecular formula is C15H18FN3O2. The second-order valence-electron chi connectivity index (χ2n) is 4.67. The highest BCUT2D eigenvalue weighted by atomic mass is 19.1. The van der Waals surface area contributed by atoms with Gasteiger partial charge in [-0.2, -0.15) is 5.10 Å². The lowest BCUT2D eigenvalue weighted by Crippen LogP contribution is -2.18. The van der Waals surface area contributed by atoms with Crippen molar-refractivity contribution in [3.63, 3.8) is 0 Å². The number of aromatic nitrogens is 2. The number of amides is 1. The van der Waals surface area contributed by atoms with E-state index in [1.54, 1.807) is 12.1 Å². The molecule has 0 saturated carbocycles. The zero-order chi connectivity index (χ0) is 15.2. The number of anilines is 1. The predicted molar refractivity (Wildman–Crippen MR) is 78.5 cm³/mol. The molecule has 0 aliphatic rings. The summed E-state index contributed by atoms with van der Waals surface area (Å²) >= 11 is 0. The molecule has 0 radical (unpaired) electrons. The van der Waals surface area contributed by atoms with Gasteiger partial charge in [0, 0.05) is 12.7 Å². The number of hydrogen-bond donors (Lipinski definition) is 2. The molecule has 1 heterocycles. The van der Waals surface area contributed by atoms with Gasteiger partial charge in [-0.1, -0.05) is 25.5 Å². The summed E-state index contributed by atoms with van der Waals surface area (Å²) < 4.78 is 18.2. The lowest BCUT2D eigenvalue weighted by Gasteiger charge is -2.08. The van der Waals surface area contributed by atoms with Gasteiger partial charge in [0.25, 0.3) is 0 Å². The smallest absolute Gasteiger partial charge is 0.250 e. The Bertz CT molecular complexity index is 625. The largest absolute Gasteiger partial charge is 0.375 e. The summed E-state index contributed by atoms with van der Waals surface area (Å²) in [6.45, 7) is 1.99. The summed E-state index contributed by atoms with van der Waals surface area (Å²) in [5, 5.41) is 9.91. The van der Waals surface area contributed by atoms with Crippen molar-refractivity contribution >= 4 is 11.6 Å². The SMILES string of the molecule is CCCc1[nH]nc(-c2cccc(F)c2)c1NC(=O)COC. The number of methoxy groups -OCH3 is 1. The van der Waals surface area contributed by atoms with Crippen LogP contribution in [0.4, 0.5) is 10.1 Å². The van der Waals surface area contributed by atoms with E-state index in [9.17, 15) is 9.18 Å². The van der Waals surface area contributed by atoms with Gasteiger partial charge >= 0.3 is 0 Å². The molecule has 6 heteroatoms. The van der Waals surface area contributed by atoms with E-state index < -0.39 is 0 Å². The zero-order valence-electron chi connectivity index (χ0n) is 12.1. The molecule has 0 aliphatic carbocycles. The molecule has 0 bridgehead atoms. The molecule has 0 fully saturated rings. The number of nitrogens with zero attached hydrogens (tertiary/aromatic N) is 1. The van der Waals surface area contributed by atoms with Crippen LogP contribution < -0.4 is 5.32 Å². The van der Waals surface area contributed by atoms with Crippen LogP contribution >= 0.6 is 0 Å². The van der Waals surface area contributed by atoms with Gasteiger partial charge in [-0.15, -0.1) is 0 Å². The quantitative estimate of drug-likeness (QED) is 0.860. The normalized spacial score (nSPS) is 10.6. The van der Waals surface area contributed by atoms with Gasteiger partial charge in [0.2, 0.25) is 5.91 Å². The Kier molecular flexibility index (Phi) is 5.05. The van der Waals surface area contributed by atoms with Crippen LogP contribution in [0.5, 0.6) is 0 Å². The van der Waals surface area contributed by atoms with E-state index in [0.29, 0.717) is 16.9 Å². The Balaban J connectivity index is 2.38. The van der Waals surface area contributed by atoms with Crippen molar-refractivity contribution < 1.29 is 13.9 Å². The number of hydrogen-bond acceptors (Lipinski definition) is 3. The summed E-state index contributed by atoms with van der Waals surface area (Å²) in [6.07, 6.45) is 1.64. The number of aromatic amines is 1. The fraction of sp³-hybridized carbons (Fsp3) is 0.333. The maximum absolute atomic E-state index is 13.4. The highest BCUT2D eigenvalue weighted by Crippen LogP contribution is 2.29. The Morgan fingerprint density at radius 3 is 2.95 bits per heavy atom. The molecule has 2 aromatic rings. The Morgan fingerprint density at radius 1 is 1.48 bits per heavy atom. The number of carbonyl (C=O) groups excluding carboxylic acids is 1. The summed E-state index contributed by atoms with van der Waals surface area (Å²) in [5.41, 5.74) is 2.55. The van der Waals surface area contributed by atoms with Crippen LogP contribution in [-0.2, 0) is 16.0 Å². The van der Waals surface area contributed by atoms with Crippen molar-refractivity contribution in [1.82, 2.24) is 10.2 Å². The number of H-pyrrole nitrogens is 1. The van der Waals surface area contributed by atoms with E-state index in [-0.39, 0.29) is 18.3 Å². The molecule has 2 N–H and O–H groups in total. The number of ether oxygens (including phenoxy) is 1. The number of benzene rings is 1. The first-order valence-corrected chi connectivity index (χ1v) is 6.77. The Morgan fingerprint density at radius 2 is 2.29 bits per heavy atom. The number of halogens is 1. The maximum Gasteiger partial charge on any atom is 0.250 e.